The summed E-state index contributed by atoms with van der Waals surface area (Å²) in [6.45, 7) is 8.11. The number of hydrogen-bond acceptors (Lipinski definition) is 4. The summed E-state index contributed by atoms with van der Waals surface area (Å²) in [6, 6.07) is 9.22. The molecule has 2 heterocycles. The minimum atomic E-state index is -0.169. The molecule has 2 N–H and O–H groups in total. The summed E-state index contributed by atoms with van der Waals surface area (Å²) in [4.78, 5) is 12.8. The quantitative estimate of drug-likeness (QED) is 0.235. The predicted molar refractivity (Wildman–Crippen MR) is 137 cm³/mol. The Morgan fingerprint density at radius 2 is 1.87 bits per heavy atom. The first-order chi connectivity index (χ1) is 14.6. The molecule has 0 amide bonds. The fraction of sp³-hybridized carbons (Fsp3) is 0.455. The first kappa shape index (κ1) is 25.6. The lowest BCUT2D eigenvalue weighted by atomic mass is 10.1. The van der Waals surface area contributed by atoms with E-state index in [1.807, 2.05) is 18.2 Å². The fourth-order valence-corrected chi connectivity index (χ4v) is 3.62. The van der Waals surface area contributed by atoms with Gasteiger partial charge >= 0.3 is 0 Å². The van der Waals surface area contributed by atoms with Crippen molar-refractivity contribution in [2.24, 2.45) is 4.99 Å². The van der Waals surface area contributed by atoms with Crippen LogP contribution in [0.1, 0.15) is 18.1 Å². The van der Waals surface area contributed by atoms with Crippen LogP contribution in [-0.2, 0) is 13.0 Å². The van der Waals surface area contributed by atoms with Crippen LogP contribution >= 0.6 is 35.6 Å². The van der Waals surface area contributed by atoms with Crippen LogP contribution in [0.25, 0.3) is 0 Å². The molecule has 2 aromatic rings. The van der Waals surface area contributed by atoms with Crippen LogP contribution in [0, 0.1) is 5.82 Å². The molecule has 1 aromatic heterocycles. The maximum Gasteiger partial charge on any atom is 0.191 e. The van der Waals surface area contributed by atoms with Gasteiger partial charge in [-0.1, -0.05) is 30.7 Å². The molecule has 0 radical (unpaired) electrons. The van der Waals surface area contributed by atoms with E-state index in [9.17, 15) is 4.39 Å². The van der Waals surface area contributed by atoms with Gasteiger partial charge in [-0.3, -0.25) is 4.99 Å². The molecule has 1 aliphatic rings. The molecule has 3 rings (SSSR count). The first-order valence-corrected chi connectivity index (χ1v) is 10.8. The second-order valence-electron chi connectivity index (χ2n) is 7.30. The zero-order valence-corrected chi connectivity index (χ0v) is 21.2. The number of guanidine groups is 1. The number of halogens is 3. The largest absolute Gasteiger partial charge is 0.367 e. The highest BCUT2D eigenvalue weighted by molar-refractivity contribution is 14.0. The van der Waals surface area contributed by atoms with Gasteiger partial charge in [0.2, 0.25) is 0 Å². The number of anilines is 1. The molecule has 0 aliphatic carbocycles. The second-order valence-corrected chi connectivity index (χ2v) is 7.69. The van der Waals surface area contributed by atoms with Crippen molar-refractivity contribution in [3.63, 3.8) is 0 Å². The molecule has 1 aliphatic heterocycles. The van der Waals surface area contributed by atoms with Crippen molar-refractivity contribution in [1.82, 2.24) is 20.5 Å². The molecule has 1 fully saturated rings. The van der Waals surface area contributed by atoms with Crippen molar-refractivity contribution in [3.05, 3.63) is 58.6 Å². The number of hydrogen-bond donors (Lipinski definition) is 2. The number of rotatable bonds is 7. The molecular weight excluding hydrogens is 530 g/mol. The Kier molecular flexibility index (Phi) is 10.8. The Bertz CT molecular complexity index is 840. The minimum absolute atomic E-state index is 0. The Morgan fingerprint density at radius 1 is 1.13 bits per heavy atom. The van der Waals surface area contributed by atoms with Gasteiger partial charge in [-0.05, 0) is 42.3 Å². The fourth-order valence-electron chi connectivity index (χ4n) is 3.51. The van der Waals surface area contributed by atoms with Gasteiger partial charge in [0.25, 0.3) is 0 Å². The van der Waals surface area contributed by atoms with E-state index in [4.69, 9.17) is 11.6 Å². The van der Waals surface area contributed by atoms with Gasteiger partial charge in [-0.2, -0.15) is 0 Å². The van der Waals surface area contributed by atoms with Gasteiger partial charge in [-0.15, -0.1) is 24.0 Å². The molecular formula is C22H31ClFIN6. The molecule has 1 aromatic carbocycles. The monoisotopic (exact) mass is 560 g/mol. The number of likely N-dealkylation sites (N-methyl/N-ethyl adjacent to an activating group) is 1. The summed E-state index contributed by atoms with van der Waals surface area (Å²) in [5.74, 6) is 0.509. The van der Waals surface area contributed by atoms with Gasteiger partial charge in [0, 0.05) is 52.5 Å². The third-order valence-electron chi connectivity index (χ3n) is 5.35. The second kappa shape index (κ2) is 13.0. The van der Waals surface area contributed by atoms with Crippen LogP contribution in [-0.4, -0.2) is 62.2 Å². The molecule has 0 spiro atoms. The highest BCUT2D eigenvalue weighted by Crippen LogP contribution is 2.22. The SMILES string of the molecule is CCN1CCN(c2ccc(CNC(=NC)NCCc3ccc(Cl)nc3)cc2F)CC1.I. The zero-order valence-electron chi connectivity index (χ0n) is 18.1. The van der Waals surface area contributed by atoms with Gasteiger partial charge in [0.15, 0.2) is 5.96 Å². The van der Waals surface area contributed by atoms with Crippen LogP contribution in [0.3, 0.4) is 0 Å². The summed E-state index contributed by atoms with van der Waals surface area (Å²) in [7, 11) is 1.72. The van der Waals surface area contributed by atoms with E-state index in [1.54, 1.807) is 25.4 Å². The molecule has 6 nitrogen and oxygen atoms in total. The van der Waals surface area contributed by atoms with E-state index >= 15 is 0 Å². The van der Waals surface area contributed by atoms with Crippen LogP contribution < -0.4 is 15.5 Å². The Labute approximate surface area is 206 Å². The van der Waals surface area contributed by atoms with Gasteiger partial charge < -0.3 is 20.4 Å². The van der Waals surface area contributed by atoms with E-state index in [1.165, 1.54) is 0 Å². The topological polar surface area (TPSA) is 55.8 Å². The Morgan fingerprint density at radius 3 is 2.48 bits per heavy atom. The zero-order chi connectivity index (χ0) is 21.3. The van der Waals surface area contributed by atoms with Crippen LogP contribution in [0.2, 0.25) is 5.15 Å². The maximum absolute atomic E-state index is 14.7. The van der Waals surface area contributed by atoms with E-state index in [2.05, 4.69) is 37.3 Å². The lowest BCUT2D eigenvalue weighted by Crippen LogP contribution is -2.46. The minimum Gasteiger partial charge on any atom is -0.367 e. The van der Waals surface area contributed by atoms with Crippen molar-refractivity contribution in [1.29, 1.82) is 0 Å². The van der Waals surface area contributed by atoms with Crippen molar-refractivity contribution in [2.75, 3.05) is 51.2 Å². The molecule has 1 saturated heterocycles. The van der Waals surface area contributed by atoms with Crippen molar-refractivity contribution in [3.8, 4) is 0 Å². The molecule has 0 saturated carbocycles. The average Bonchev–Trinajstić information content (AvgIpc) is 2.77. The molecule has 9 heteroatoms. The standard InChI is InChI=1S/C22H30ClFN6.HI/c1-3-29-10-12-30(13-11-29)20-6-4-18(14-19(20)24)16-28-22(25-2)26-9-8-17-5-7-21(23)27-15-17;/h4-7,14-15H,3,8-13,16H2,1-2H3,(H2,25,26,28);1H. The Hall–Kier alpha value is -1.65. The number of piperazine rings is 1. The van der Waals surface area contributed by atoms with Gasteiger partial charge in [-0.25, -0.2) is 9.37 Å². The van der Waals surface area contributed by atoms with E-state index < -0.39 is 0 Å². The van der Waals surface area contributed by atoms with Crippen LogP contribution in [0.15, 0.2) is 41.5 Å². The highest BCUT2D eigenvalue weighted by atomic mass is 127. The normalized spacial score (nSPS) is 14.8. The van der Waals surface area contributed by atoms with Crippen molar-refractivity contribution < 1.29 is 4.39 Å². The lowest BCUT2D eigenvalue weighted by molar-refractivity contribution is 0.270. The highest BCUT2D eigenvalue weighted by Gasteiger charge is 2.18. The number of benzene rings is 1. The van der Waals surface area contributed by atoms with Crippen LogP contribution in [0.4, 0.5) is 10.1 Å². The van der Waals surface area contributed by atoms with Crippen molar-refractivity contribution in [2.45, 2.75) is 19.9 Å². The van der Waals surface area contributed by atoms with E-state index in [-0.39, 0.29) is 29.8 Å². The summed E-state index contributed by atoms with van der Waals surface area (Å²) < 4.78 is 14.7. The van der Waals surface area contributed by atoms with E-state index in [0.29, 0.717) is 29.9 Å². The molecule has 0 bridgehead atoms. The summed E-state index contributed by atoms with van der Waals surface area (Å²) in [5.41, 5.74) is 2.67. The number of nitrogens with one attached hydrogen (secondary N) is 2. The first-order valence-electron chi connectivity index (χ1n) is 10.4. The number of aliphatic imine (C=N–C) groups is 1. The van der Waals surface area contributed by atoms with E-state index in [0.717, 1.165) is 50.3 Å². The number of pyridine rings is 1. The molecule has 170 valence electrons. The molecule has 31 heavy (non-hydrogen) atoms. The average molecular weight is 561 g/mol. The Balaban J connectivity index is 0.00000341. The predicted octanol–water partition coefficient (Wildman–Crippen LogP) is 3.54. The number of aromatic nitrogens is 1. The molecule has 0 unspecified atom stereocenters. The molecule has 0 atom stereocenters. The van der Waals surface area contributed by atoms with Crippen LogP contribution in [0.5, 0.6) is 0 Å². The smallest absolute Gasteiger partial charge is 0.191 e. The third-order valence-corrected chi connectivity index (χ3v) is 5.57. The van der Waals surface area contributed by atoms with Crippen molar-refractivity contribution >= 4 is 47.2 Å². The summed E-state index contributed by atoms with van der Waals surface area (Å²) >= 11 is 5.81. The third kappa shape index (κ3) is 7.76. The van der Waals surface area contributed by atoms with Gasteiger partial charge in [0.05, 0.1) is 5.69 Å². The summed E-state index contributed by atoms with van der Waals surface area (Å²) in [5, 5.41) is 6.99. The summed E-state index contributed by atoms with van der Waals surface area (Å²) in [6.07, 6.45) is 2.58. The number of nitrogens with zero attached hydrogens (tertiary/aromatic N) is 4. The van der Waals surface area contributed by atoms with Gasteiger partial charge in [0.1, 0.15) is 11.0 Å². The lowest BCUT2D eigenvalue weighted by Gasteiger charge is -2.35. The maximum atomic E-state index is 14.7.